The van der Waals surface area contributed by atoms with Crippen molar-refractivity contribution in [3.8, 4) is 5.75 Å². The summed E-state index contributed by atoms with van der Waals surface area (Å²) in [4.78, 5) is 16.9. The second-order valence-electron chi connectivity index (χ2n) is 4.65. The van der Waals surface area contributed by atoms with Gasteiger partial charge in [0.25, 0.3) is 5.91 Å². The number of methoxy groups -OCH3 is 1. The Labute approximate surface area is 126 Å². The number of hydrogen-bond donors (Lipinski definition) is 0. The number of hydrogen-bond acceptors (Lipinski definition) is 4. The molecular weight excluding hydrogens is 286 g/mol. The third-order valence-corrected chi connectivity index (χ3v) is 3.46. The maximum atomic E-state index is 12.6. The lowest BCUT2D eigenvalue weighted by Gasteiger charge is -2.06. The molecule has 0 unspecified atom stereocenters. The molecule has 0 spiro atoms. The number of aryl methyl sites for hydroxylation is 1. The van der Waals surface area contributed by atoms with Gasteiger partial charge in [-0.05, 0) is 55.0 Å². The Morgan fingerprint density at radius 1 is 1.19 bits per heavy atom. The molecule has 21 heavy (non-hydrogen) atoms. The number of ether oxygens (including phenoxy) is 1. The molecule has 0 fully saturated rings. The lowest BCUT2D eigenvalue weighted by Crippen LogP contribution is -2.17. The first-order valence-corrected chi connectivity index (χ1v) is 6.78. The molecule has 1 aromatic carbocycles. The maximum Gasteiger partial charge on any atom is 0.279 e. The van der Waals surface area contributed by atoms with E-state index in [2.05, 4.69) is 4.98 Å². The molecule has 0 saturated carbocycles. The van der Waals surface area contributed by atoms with Crippen molar-refractivity contribution in [1.29, 1.82) is 0 Å². The number of fused-ring (bicyclic) bond motifs is 1. The summed E-state index contributed by atoms with van der Waals surface area (Å²) in [5.41, 5.74) is 2.19. The van der Waals surface area contributed by atoms with Crippen LogP contribution in [0, 0.1) is 11.7 Å². The fourth-order valence-electron chi connectivity index (χ4n) is 2.11. The van der Waals surface area contributed by atoms with E-state index in [4.69, 9.17) is 17.0 Å². The van der Waals surface area contributed by atoms with E-state index in [0.717, 1.165) is 5.56 Å². The molecule has 106 valence electrons. The summed E-state index contributed by atoms with van der Waals surface area (Å²) in [6.07, 6.45) is 1.83. The molecule has 2 heterocycles. The van der Waals surface area contributed by atoms with E-state index >= 15 is 0 Å². The lowest BCUT2D eigenvalue weighted by atomic mass is 10.2. The number of benzene rings is 1. The van der Waals surface area contributed by atoms with Crippen LogP contribution in [0.15, 0.2) is 42.6 Å². The van der Waals surface area contributed by atoms with Crippen molar-refractivity contribution in [2.24, 2.45) is 0 Å². The summed E-state index contributed by atoms with van der Waals surface area (Å²) < 4.78 is 8.39. The smallest absolute Gasteiger partial charge is 0.279 e. The predicted octanol–water partition coefficient (Wildman–Crippen LogP) is 2.87. The van der Waals surface area contributed by atoms with Crippen molar-refractivity contribution in [3.05, 3.63) is 58.5 Å². The van der Waals surface area contributed by atoms with E-state index in [9.17, 15) is 4.79 Å². The molecule has 0 N–H and O–H groups in total. The molecule has 3 rings (SSSR count). The zero-order valence-corrected chi connectivity index (χ0v) is 12.4. The van der Waals surface area contributed by atoms with Gasteiger partial charge in [0.1, 0.15) is 5.75 Å². The minimum absolute atomic E-state index is 0.222. The average Bonchev–Trinajstić information content (AvgIpc) is 2.82. The quantitative estimate of drug-likeness (QED) is 0.683. The van der Waals surface area contributed by atoms with Gasteiger partial charge in [0.05, 0.1) is 7.11 Å². The lowest BCUT2D eigenvalue weighted by molar-refractivity contribution is 0.0938. The first-order valence-electron chi connectivity index (χ1n) is 6.37. The second kappa shape index (κ2) is 5.14. The van der Waals surface area contributed by atoms with Gasteiger partial charge >= 0.3 is 0 Å². The topological polar surface area (TPSA) is 48.5 Å². The van der Waals surface area contributed by atoms with Gasteiger partial charge in [-0.2, -0.15) is 9.67 Å². The van der Waals surface area contributed by atoms with E-state index in [1.165, 1.54) is 4.68 Å². The van der Waals surface area contributed by atoms with Gasteiger partial charge in [0, 0.05) is 11.8 Å². The van der Waals surface area contributed by atoms with E-state index in [-0.39, 0.29) is 10.7 Å². The zero-order chi connectivity index (χ0) is 15.0. The molecule has 0 amide bonds. The van der Waals surface area contributed by atoms with Crippen molar-refractivity contribution < 1.29 is 9.53 Å². The van der Waals surface area contributed by atoms with Gasteiger partial charge in [-0.25, -0.2) is 4.52 Å². The normalized spacial score (nSPS) is 10.8. The molecule has 0 bridgehead atoms. The van der Waals surface area contributed by atoms with Crippen LogP contribution in [0.25, 0.3) is 5.65 Å². The molecule has 3 aromatic rings. The van der Waals surface area contributed by atoms with Crippen LogP contribution in [-0.4, -0.2) is 27.2 Å². The highest BCUT2D eigenvalue weighted by Gasteiger charge is 2.14. The number of aromatic nitrogens is 3. The Morgan fingerprint density at radius 3 is 2.57 bits per heavy atom. The van der Waals surface area contributed by atoms with Crippen LogP contribution in [0.1, 0.15) is 15.9 Å². The minimum atomic E-state index is -0.222. The summed E-state index contributed by atoms with van der Waals surface area (Å²) in [5, 5.41) is 0. The van der Waals surface area contributed by atoms with Gasteiger partial charge in [-0.1, -0.05) is 6.07 Å². The number of rotatable bonds is 2. The standard InChI is InChI=1S/C15H13N3O2S/c1-10-3-8-13-16-15(21)18(17(13)9-10)14(19)11-4-6-12(20-2)7-5-11/h3-9H,1-2H3. The number of nitrogens with zero attached hydrogens (tertiary/aromatic N) is 3. The van der Waals surface area contributed by atoms with Gasteiger partial charge in [-0.15, -0.1) is 0 Å². The zero-order valence-electron chi connectivity index (χ0n) is 11.6. The van der Waals surface area contributed by atoms with E-state index in [1.807, 2.05) is 25.3 Å². The Morgan fingerprint density at radius 2 is 1.90 bits per heavy atom. The van der Waals surface area contributed by atoms with Crippen molar-refractivity contribution >= 4 is 23.8 Å². The SMILES string of the molecule is COc1ccc(C(=O)n2c(=S)nc3ccc(C)cn32)cc1. The first-order chi connectivity index (χ1) is 10.1. The van der Waals surface area contributed by atoms with E-state index in [1.54, 1.807) is 35.9 Å². The molecule has 0 radical (unpaired) electrons. The first kappa shape index (κ1) is 13.5. The van der Waals surface area contributed by atoms with Crippen molar-refractivity contribution in [3.63, 3.8) is 0 Å². The van der Waals surface area contributed by atoms with Gasteiger partial charge in [-0.3, -0.25) is 4.79 Å². The molecule has 6 heteroatoms. The van der Waals surface area contributed by atoms with Crippen LogP contribution in [0.2, 0.25) is 0 Å². The van der Waals surface area contributed by atoms with E-state index < -0.39 is 0 Å². The van der Waals surface area contributed by atoms with Crippen molar-refractivity contribution in [2.75, 3.05) is 7.11 Å². The van der Waals surface area contributed by atoms with Crippen molar-refractivity contribution in [2.45, 2.75) is 6.92 Å². The number of carbonyl (C=O) groups excluding carboxylic acids is 1. The van der Waals surface area contributed by atoms with Crippen LogP contribution in [0.3, 0.4) is 0 Å². The number of pyridine rings is 1. The fraction of sp³-hybridized carbons (Fsp3) is 0.133. The molecule has 2 aromatic heterocycles. The summed E-state index contributed by atoms with van der Waals surface area (Å²) in [6, 6.07) is 10.7. The molecule has 0 aliphatic rings. The third kappa shape index (κ3) is 2.34. The van der Waals surface area contributed by atoms with Crippen LogP contribution in [0.4, 0.5) is 0 Å². The maximum absolute atomic E-state index is 12.6. The Hall–Kier alpha value is -2.47. The molecule has 0 aliphatic carbocycles. The van der Waals surface area contributed by atoms with Crippen LogP contribution >= 0.6 is 12.2 Å². The fourth-order valence-corrected chi connectivity index (χ4v) is 2.38. The molecule has 0 atom stereocenters. The molecule has 0 aliphatic heterocycles. The Kier molecular flexibility index (Phi) is 3.31. The monoisotopic (exact) mass is 299 g/mol. The Balaban J connectivity index is 2.14. The third-order valence-electron chi connectivity index (χ3n) is 3.19. The summed E-state index contributed by atoms with van der Waals surface area (Å²) in [6.45, 7) is 1.95. The molecule has 5 nitrogen and oxygen atoms in total. The van der Waals surface area contributed by atoms with Gasteiger partial charge < -0.3 is 4.74 Å². The average molecular weight is 299 g/mol. The Bertz CT molecular complexity index is 878. The summed E-state index contributed by atoms with van der Waals surface area (Å²) >= 11 is 5.21. The van der Waals surface area contributed by atoms with Crippen molar-refractivity contribution in [1.82, 2.24) is 14.2 Å². The van der Waals surface area contributed by atoms with E-state index in [0.29, 0.717) is 17.0 Å². The highest BCUT2D eigenvalue weighted by Crippen LogP contribution is 2.14. The number of carbonyl (C=O) groups is 1. The van der Waals surface area contributed by atoms with Crippen LogP contribution in [0.5, 0.6) is 5.75 Å². The van der Waals surface area contributed by atoms with Crippen LogP contribution in [-0.2, 0) is 0 Å². The molecular formula is C15H13N3O2S. The largest absolute Gasteiger partial charge is 0.497 e. The minimum Gasteiger partial charge on any atom is -0.497 e. The highest BCUT2D eigenvalue weighted by molar-refractivity contribution is 7.71. The van der Waals surface area contributed by atoms with Crippen LogP contribution < -0.4 is 4.74 Å². The van der Waals surface area contributed by atoms with Gasteiger partial charge in [0.2, 0.25) is 4.77 Å². The van der Waals surface area contributed by atoms with Gasteiger partial charge in [0.15, 0.2) is 5.65 Å². The second-order valence-corrected chi connectivity index (χ2v) is 5.01. The summed E-state index contributed by atoms with van der Waals surface area (Å²) in [5.74, 6) is 0.477. The summed E-state index contributed by atoms with van der Waals surface area (Å²) in [7, 11) is 1.58. The highest BCUT2D eigenvalue weighted by atomic mass is 32.1. The predicted molar refractivity (Wildman–Crippen MR) is 81.5 cm³/mol. The molecule has 0 saturated heterocycles.